The van der Waals surface area contributed by atoms with E-state index in [-0.39, 0.29) is 23.6 Å². The number of aromatic nitrogens is 4. The maximum atomic E-state index is 11.3. The molecule has 8 nitrogen and oxygen atoms in total. The molecule has 0 amide bonds. The van der Waals surface area contributed by atoms with E-state index in [9.17, 15) is 4.79 Å². The van der Waals surface area contributed by atoms with Crippen molar-refractivity contribution < 1.29 is 5.11 Å². The molecule has 2 rings (SSSR count). The van der Waals surface area contributed by atoms with Crippen molar-refractivity contribution in [3.05, 3.63) is 16.7 Å². The summed E-state index contributed by atoms with van der Waals surface area (Å²) in [5.41, 5.74) is 0.260. The molecular formula is C7H8N6O2S. The first kappa shape index (κ1) is 10.8. The van der Waals surface area contributed by atoms with Gasteiger partial charge in [-0.05, 0) is 0 Å². The Balaban J connectivity index is 2.23. The number of imidazole rings is 1. The lowest BCUT2D eigenvalue weighted by Crippen LogP contribution is -2.05. The number of aromatic amines is 2. The summed E-state index contributed by atoms with van der Waals surface area (Å²) in [6, 6.07) is 0. The van der Waals surface area contributed by atoms with E-state index in [2.05, 4.69) is 29.6 Å². The van der Waals surface area contributed by atoms with Gasteiger partial charge in [-0.1, -0.05) is 0 Å². The zero-order valence-electron chi connectivity index (χ0n) is 8.04. The monoisotopic (exact) mass is 240 g/mol. The van der Waals surface area contributed by atoms with E-state index < -0.39 is 0 Å². The highest BCUT2D eigenvalue weighted by atomic mass is 32.2. The third kappa shape index (κ3) is 2.25. The van der Waals surface area contributed by atoms with Crippen molar-refractivity contribution in [2.24, 2.45) is 9.63 Å². The summed E-state index contributed by atoms with van der Waals surface area (Å²) in [4.78, 5) is 24.2. The number of rotatable bonds is 4. The number of hydrogen-bond donors (Lipinski definition) is 3. The number of nitrogens with zero attached hydrogens (tertiary/aromatic N) is 4. The second kappa shape index (κ2) is 4.86. The molecule has 0 aliphatic heterocycles. The van der Waals surface area contributed by atoms with Gasteiger partial charge in [-0.3, -0.25) is 4.79 Å². The molecule has 0 aromatic carbocycles. The van der Waals surface area contributed by atoms with Crippen LogP contribution in [-0.4, -0.2) is 37.4 Å². The predicted octanol–water partition coefficient (Wildman–Crippen LogP) is 0.370. The molecule has 0 aliphatic carbocycles. The molecule has 84 valence electrons. The van der Waals surface area contributed by atoms with Gasteiger partial charge >= 0.3 is 0 Å². The van der Waals surface area contributed by atoms with Crippen LogP contribution in [0.15, 0.2) is 20.8 Å². The van der Waals surface area contributed by atoms with Gasteiger partial charge in [0.2, 0.25) is 5.95 Å². The van der Waals surface area contributed by atoms with Crippen molar-refractivity contribution in [3.8, 4) is 0 Å². The summed E-state index contributed by atoms with van der Waals surface area (Å²) < 4.78 is 3.70. The number of aliphatic hydroxyl groups excluding tert-OH is 1. The Kier molecular flexibility index (Phi) is 3.27. The van der Waals surface area contributed by atoms with Crippen molar-refractivity contribution in [3.63, 3.8) is 0 Å². The van der Waals surface area contributed by atoms with E-state index in [4.69, 9.17) is 5.11 Å². The van der Waals surface area contributed by atoms with Gasteiger partial charge in [-0.25, -0.2) is 4.98 Å². The number of fused-ring (bicyclic) bond motifs is 1. The molecule has 0 saturated heterocycles. The summed E-state index contributed by atoms with van der Waals surface area (Å²) in [7, 11) is 0. The molecular weight excluding hydrogens is 232 g/mol. The van der Waals surface area contributed by atoms with Gasteiger partial charge in [0.15, 0.2) is 11.2 Å². The average Bonchev–Trinajstić information content (AvgIpc) is 2.69. The van der Waals surface area contributed by atoms with Crippen molar-refractivity contribution in [2.75, 3.05) is 12.4 Å². The Bertz CT molecular complexity index is 561. The Morgan fingerprint density at radius 1 is 1.56 bits per heavy atom. The first-order valence-electron chi connectivity index (χ1n) is 4.38. The lowest BCUT2D eigenvalue weighted by Gasteiger charge is -1.84. The molecule has 0 bridgehead atoms. The molecule has 2 heterocycles. The molecule has 0 saturated carbocycles. The van der Waals surface area contributed by atoms with Gasteiger partial charge in [0, 0.05) is 17.7 Å². The Morgan fingerprint density at radius 3 is 3.19 bits per heavy atom. The Labute approximate surface area is 93.4 Å². The van der Waals surface area contributed by atoms with Crippen LogP contribution in [0.5, 0.6) is 0 Å². The minimum atomic E-state index is -0.304. The summed E-state index contributed by atoms with van der Waals surface area (Å²) in [6.07, 6.45) is 1.27. The zero-order valence-corrected chi connectivity index (χ0v) is 8.86. The highest BCUT2D eigenvalue weighted by Crippen LogP contribution is 2.13. The normalized spacial score (nSPS) is 11.6. The minimum absolute atomic E-state index is 0.0328. The van der Waals surface area contributed by atoms with Crippen LogP contribution in [0.3, 0.4) is 0 Å². The molecule has 3 N–H and O–H groups in total. The molecule has 2 aromatic heterocycles. The number of hydrogen-bond acceptors (Lipinski definition) is 7. The molecule has 16 heavy (non-hydrogen) atoms. The van der Waals surface area contributed by atoms with Crippen molar-refractivity contribution in [2.45, 2.75) is 0 Å². The third-order valence-corrected chi connectivity index (χ3v) is 2.22. The standard InChI is InChI=1S/C7H8N6O2S/c14-1-2-16-13-12-7-10-4-5(11-7)8-3-9-6(4)15/h3,14H,1-2H2,(H2,8,9,10,11,15)/b13-12+. The molecule has 9 heteroatoms. The first-order valence-corrected chi connectivity index (χ1v) is 5.33. The molecule has 0 atom stereocenters. The maximum Gasteiger partial charge on any atom is 0.276 e. The Morgan fingerprint density at radius 2 is 2.44 bits per heavy atom. The second-order valence-corrected chi connectivity index (χ2v) is 3.56. The van der Waals surface area contributed by atoms with Gasteiger partial charge in [0.05, 0.1) is 12.9 Å². The van der Waals surface area contributed by atoms with Gasteiger partial charge in [0.25, 0.3) is 5.56 Å². The van der Waals surface area contributed by atoms with E-state index in [1.165, 1.54) is 6.33 Å². The molecule has 0 unspecified atom stereocenters. The SMILES string of the molecule is O=c1[nH]cnc2nc(/N=N/SCCO)[nH]c12. The Hall–Kier alpha value is -1.74. The second-order valence-electron chi connectivity index (χ2n) is 2.73. The minimum Gasteiger partial charge on any atom is -0.395 e. The summed E-state index contributed by atoms with van der Waals surface area (Å²) in [6.45, 7) is 0.0328. The summed E-state index contributed by atoms with van der Waals surface area (Å²) >= 11 is 1.10. The number of H-pyrrole nitrogens is 2. The summed E-state index contributed by atoms with van der Waals surface area (Å²) in [5, 5.41) is 12.3. The van der Waals surface area contributed by atoms with E-state index in [1.54, 1.807) is 0 Å². The third-order valence-electron chi connectivity index (χ3n) is 1.66. The average molecular weight is 240 g/mol. The lowest BCUT2D eigenvalue weighted by molar-refractivity contribution is 0.322. The van der Waals surface area contributed by atoms with Crippen LogP contribution in [0.4, 0.5) is 5.95 Å². The van der Waals surface area contributed by atoms with Crippen molar-refractivity contribution >= 4 is 29.1 Å². The van der Waals surface area contributed by atoms with Gasteiger partial charge < -0.3 is 15.1 Å². The lowest BCUT2D eigenvalue weighted by atomic mass is 10.6. The maximum absolute atomic E-state index is 11.3. The fraction of sp³-hybridized carbons (Fsp3) is 0.286. The first-order chi connectivity index (χ1) is 7.81. The fourth-order valence-electron chi connectivity index (χ4n) is 1.02. The van der Waals surface area contributed by atoms with Crippen LogP contribution in [0.2, 0.25) is 0 Å². The quantitative estimate of drug-likeness (QED) is 0.405. The van der Waals surface area contributed by atoms with Crippen LogP contribution in [0.25, 0.3) is 11.2 Å². The number of nitrogens with one attached hydrogen (secondary N) is 2. The van der Waals surface area contributed by atoms with Crippen LogP contribution in [0, 0.1) is 0 Å². The topological polar surface area (TPSA) is 119 Å². The van der Waals surface area contributed by atoms with Crippen LogP contribution in [-0.2, 0) is 0 Å². The highest BCUT2D eigenvalue weighted by Gasteiger charge is 2.05. The molecule has 2 aromatic rings. The number of aliphatic hydroxyl groups is 1. The van der Waals surface area contributed by atoms with Crippen molar-refractivity contribution in [1.29, 1.82) is 0 Å². The van der Waals surface area contributed by atoms with Gasteiger partial charge in [-0.2, -0.15) is 4.98 Å². The van der Waals surface area contributed by atoms with E-state index in [0.717, 1.165) is 11.9 Å². The highest BCUT2D eigenvalue weighted by molar-refractivity contribution is 7.97. The van der Waals surface area contributed by atoms with Gasteiger partial charge in [0.1, 0.15) is 0 Å². The van der Waals surface area contributed by atoms with Crippen LogP contribution in [0.1, 0.15) is 0 Å². The zero-order chi connectivity index (χ0) is 11.4. The summed E-state index contributed by atoms with van der Waals surface area (Å²) in [5.74, 6) is 0.674. The smallest absolute Gasteiger partial charge is 0.276 e. The van der Waals surface area contributed by atoms with Crippen molar-refractivity contribution in [1.82, 2.24) is 19.9 Å². The molecule has 0 radical (unpaired) electrons. The van der Waals surface area contributed by atoms with E-state index in [0.29, 0.717) is 11.4 Å². The van der Waals surface area contributed by atoms with Crippen LogP contribution < -0.4 is 5.56 Å². The van der Waals surface area contributed by atoms with E-state index in [1.807, 2.05) is 0 Å². The molecule has 0 spiro atoms. The van der Waals surface area contributed by atoms with Gasteiger partial charge in [-0.15, -0.1) is 9.63 Å². The molecule has 0 fully saturated rings. The van der Waals surface area contributed by atoms with E-state index >= 15 is 0 Å². The largest absolute Gasteiger partial charge is 0.395 e. The van der Waals surface area contributed by atoms with Crippen LogP contribution >= 0.6 is 11.9 Å². The predicted molar refractivity (Wildman–Crippen MR) is 58.6 cm³/mol. The molecule has 0 aliphatic rings. The fourth-order valence-corrected chi connectivity index (χ4v) is 1.32.